The number of likely N-dealkylation sites (N-methyl/N-ethyl adjacent to an activating group) is 1. The van der Waals surface area contributed by atoms with E-state index in [4.69, 9.17) is 33.4 Å². The summed E-state index contributed by atoms with van der Waals surface area (Å²) < 4.78 is 34.7. The van der Waals surface area contributed by atoms with E-state index in [1.807, 2.05) is 39.0 Å². The Bertz CT molecular complexity index is 1770. The maximum absolute atomic E-state index is 14.1. The molecule has 0 saturated carbocycles. The number of aromatic nitrogens is 2. The monoisotopic (exact) mass is 686 g/mol. The molecule has 1 N–H and O–H groups in total. The lowest BCUT2D eigenvalue weighted by molar-refractivity contribution is 0.132. The molecule has 1 aliphatic rings. The van der Waals surface area contributed by atoms with Crippen molar-refractivity contribution in [3.63, 3.8) is 0 Å². The minimum atomic E-state index is -0.685. The Morgan fingerprint density at radius 1 is 0.820 bits per heavy atom. The molecule has 0 bridgehead atoms. The Morgan fingerprint density at radius 2 is 1.52 bits per heavy atom. The van der Waals surface area contributed by atoms with Gasteiger partial charge in [-0.05, 0) is 51.1 Å². The molecule has 2 heterocycles. The molecule has 1 aromatic heterocycles. The lowest BCUT2D eigenvalue weighted by Crippen LogP contribution is -2.45. The zero-order chi connectivity index (χ0) is 35.8. The number of hydrogen-bond donors (Lipinski definition) is 1. The fourth-order valence-electron chi connectivity index (χ4n) is 5.87. The van der Waals surface area contributed by atoms with Crippen molar-refractivity contribution in [3.8, 4) is 34.5 Å². The summed E-state index contributed by atoms with van der Waals surface area (Å²) >= 11 is 0. The first-order valence-corrected chi connectivity index (χ1v) is 16.4. The van der Waals surface area contributed by atoms with Crippen LogP contribution in [0.25, 0.3) is 0 Å². The average molecular weight is 687 g/mol. The molecule has 5 rings (SSSR count). The van der Waals surface area contributed by atoms with Gasteiger partial charge in [-0.25, -0.2) is 14.7 Å². The highest BCUT2D eigenvalue weighted by Gasteiger charge is 2.27. The maximum Gasteiger partial charge on any atom is 0.425 e. The van der Waals surface area contributed by atoms with Crippen molar-refractivity contribution in [2.75, 3.05) is 85.0 Å². The summed E-state index contributed by atoms with van der Waals surface area (Å²) in [6.45, 7) is 11.1. The quantitative estimate of drug-likeness (QED) is 0.174. The fraction of sp³-hybridized carbons (Fsp3) is 0.378. The number of piperazine rings is 1. The van der Waals surface area contributed by atoms with E-state index in [2.05, 4.69) is 27.1 Å². The molecule has 0 radical (unpaired) electrons. The standard InChI is InChI=1S/C37H46N6O7/c1-24-19-25(2)34(26(3)20-24)50-37(44)43(29-10-9-28(45-5)23-30(29)46-6)33-11-12-38-36(40-33)39-27-21-31(47-7)35(48-8)32(22-27)49-18-17-42-15-13-41(4)14-16-42/h9-12,19-23H,13-18H2,1-8H3,(H,38,39,40). The molecule has 1 aliphatic heterocycles. The van der Waals surface area contributed by atoms with Crippen LogP contribution in [0.15, 0.2) is 54.7 Å². The van der Waals surface area contributed by atoms with Crippen LogP contribution in [0.2, 0.25) is 0 Å². The lowest BCUT2D eigenvalue weighted by Gasteiger charge is -2.32. The number of ether oxygens (including phenoxy) is 6. The van der Waals surface area contributed by atoms with Crippen LogP contribution in [0.5, 0.6) is 34.5 Å². The number of methoxy groups -OCH3 is 4. The molecule has 13 nitrogen and oxygen atoms in total. The van der Waals surface area contributed by atoms with E-state index >= 15 is 0 Å². The summed E-state index contributed by atoms with van der Waals surface area (Å²) in [5.41, 5.74) is 3.72. The van der Waals surface area contributed by atoms with E-state index in [0.717, 1.165) is 49.4 Å². The van der Waals surface area contributed by atoms with Crippen LogP contribution in [0.4, 0.5) is 27.9 Å². The number of amides is 1. The topological polar surface area (TPSA) is 120 Å². The van der Waals surface area contributed by atoms with Crippen molar-refractivity contribution in [2.24, 2.45) is 0 Å². The van der Waals surface area contributed by atoms with Gasteiger partial charge in [0.2, 0.25) is 11.7 Å². The Hall–Kier alpha value is -5.27. The smallest absolute Gasteiger partial charge is 0.425 e. The van der Waals surface area contributed by atoms with E-state index < -0.39 is 6.09 Å². The Balaban J connectivity index is 1.46. The molecular formula is C37H46N6O7. The molecule has 1 saturated heterocycles. The summed E-state index contributed by atoms with van der Waals surface area (Å²) in [5, 5.41) is 3.24. The number of aryl methyl sites for hydroxylation is 3. The van der Waals surface area contributed by atoms with Gasteiger partial charge in [-0.1, -0.05) is 17.7 Å². The number of nitrogens with zero attached hydrogens (tertiary/aromatic N) is 5. The first-order chi connectivity index (χ1) is 24.1. The molecular weight excluding hydrogens is 640 g/mol. The first-order valence-electron chi connectivity index (χ1n) is 16.4. The van der Waals surface area contributed by atoms with E-state index in [1.54, 1.807) is 57.9 Å². The number of rotatable bonds is 13. The molecule has 0 unspecified atom stereocenters. The molecule has 0 atom stereocenters. The predicted octanol–water partition coefficient (Wildman–Crippen LogP) is 6.14. The normalized spacial score (nSPS) is 13.4. The minimum absolute atomic E-state index is 0.214. The minimum Gasteiger partial charge on any atom is -0.497 e. The van der Waals surface area contributed by atoms with Crippen LogP contribution in [0.1, 0.15) is 16.7 Å². The van der Waals surface area contributed by atoms with Crippen molar-refractivity contribution in [1.82, 2.24) is 19.8 Å². The number of anilines is 4. The van der Waals surface area contributed by atoms with Crippen LogP contribution < -0.4 is 38.6 Å². The highest BCUT2D eigenvalue weighted by Crippen LogP contribution is 2.41. The van der Waals surface area contributed by atoms with Crippen molar-refractivity contribution in [3.05, 3.63) is 71.4 Å². The molecule has 0 aliphatic carbocycles. The lowest BCUT2D eigenvalue weighted by atomic mass is 10.1. The first kappa shape index (κ1) is 36.0. The Morgan fingerprint density at radius 3 is 2.18 bits per heavy atom. The van der Waals surface area contributed by atoms with Gasteiger partial charge in [0.15, 0.2) is 11.5 Å². The van der Waals surface area contributed by atoms with Crippen molar-refractivity contribution in [2.45, 2.75) is 20.8 Å². The molecule has 4 aromatic rings. The van der Waals surface area contributed by atoms with E-state index in [9.17, 15) is 4.79 Å². The van der Waals surface area contributed by atoms with Crippen molar-refractivity contribution < 1.29 is 33.2 Å². The Kier molecular flexibility index (Phi) is 11.8. The van der Waals surface area contributed by atoms with Gasteiger partial charge < -0.3 is 38.6 Å². The zero-order valence-electron chi connectivity index (χ0n) is 30.0. The van der Waals surface area contributed by atoms with Gasteiger partial charge in [-0.2, -0.15) is 4.98 Å². The van der Waals surface area contributed by atoms with Gasteiger partial charge in [0, 0.05) is 68.9 Å². The van der Waals surface area contributed by atoms with Crippen LogP contribution in [0, 0.1) is 20.8 Å². The third-order valence-electron chi connectivity index (χ3n) is 8.44. The second-order valence-corrected chi connectivity index (χ2v) is 12.0. The van der Waals surface area contributed by atoms with Crippen LogP contribution in [-0.2, 0) is 0 Å². The summed E-state index contributed by atoms with van der Waals surface area (Å²) in [5.74, 6) is 3.32. The van der Waals surface area contributed by atoms with Gasteiger partial charge >= 0.3 is 6.09 Å². The molecule has 13 heteroatoms. The van der Waals surface area contributed by atoms with Gasteiger partial charge in [0.1, 0.15) is 29.7 Å². The van der Waals surface area contributed by atoms with Crippen molar-refractivity contribution >= 4 is 29.2 Å². The Labute approximate surface area is 293 Å². The number of nitrogens with one attached hydrogen (secondary N) is 1. The zero-order valence-corrected chi connectivity index (χ0v) is 30.0. The van der Waals surface area contributed by atoms with Gasteiger partial charge in [-0.3, -0.25) is 4.90 Å². The van der Waals surface area contributed by atoms with E-state index in [-0.39, 0.29) is 11.8 Å². The third-order valence-corrected chi connectivity index (χ3v) is 8.44. The van der Waals surface area contributed by atoms with Crippen LogP contribution in [0.3, 0.4) is 0 Å². The number of carbonyl (C=O) groups is 1. The second kappa shape index (κ2) is 16.4. The maximum atomic E-state index is 14.1. The highest BCUT2D eigenvalue weighted by atomic mass is 16.6. The summed E-state index contributed by atoms with van der Waals surface area (Å²) in [4.78, 5) is 29.3. The molecule has 0 spiro atoms. The van der Waals surface area contributed by atoms with Crippen LogP contribution in [-0.4, -0.2) is 101 Å². The summed E-state index contributed by atoms with van der Waals surface area (Å²) in [6.07, 6.45) is 0.868. The van der Waals surface area contributed by atoms with Gasteiger partial charge in [-0.15, -0.1) is 0 Å². The van der Waals surface area contributed by atoms with Gasteiger partial charge in [0.05, 0.1) is 34.1 Å². The molecule has 3 aromatic carbocycles. The molecule has 1 fully saturated rings. The number of hydrogen-bond acceptors (Lipinski definition) is 12. The predicted molar refractivity (Wildman–Crippen MR) is 193 cm³/mol. The molecule has 50 heavy (non-hydrogen) atoms. The summed E-state index contributed by atoms with van der Waals surface area (Å²) in [7, 11) is 8.35. The van der Waals surface area contributed by atoms with E-state index in [0.29, 0.717) is 52.5 Å². The SMILES string of the molecule is COc1ccc(N(C(=O)Oc2c(C)cc(C)cc2C)c2ccnc(Nc3cc(OC)c(OC)c(OCCN4CCN(C)CC4)c3)n2)c(OC)c1. The van der Waals surface area contributed by atoms with Gasteiger partial charge in [0.25, 0.3) is 0 Å². The van der Waals surface area contributed by atoms with Crippen molar-refractivity contribution in [1.29, 1.82) is 0 Å². The van der Waals surface area contributed by atoms with E-state index in [1.165, 1.54) is 12.0 Å². The highest BCUT2D eigenvalue weighted by molar-refractivity contribution is 5.98. The molecule has 1 amide bonds. The third kappa shape index (κ3) is 8.47. The molecule has 266 valence electrons. The summed E-state index contributed by atoms with van der Waals surface area (Å²) in [6, 6.07) is 14.3. The largest absolute Gasteiger partial charge is 0.497 e. The average Bonchev–Trinajstić information content (AvgIpc) is 3.10. The van der Waals surface area contributed by atoms with Crippen LogP contribution >= 0.6 is 0 Å². The fourth-order valence-corrected chi connectivity index (χ4v) is 5.87. The second-order valence-electron chi connectivity index (χ2n) is 12.0. The number of carbonyl (C=O) groups excluding carboxylic acids is 1. The number of benzene rings is 3.